The van der Waals surface area contributed by atoms with Crippen LogP contribution in [0.15, 0.2) is 135 Å². The number of hydrogen-bond donors (Lipinski definition) is 0. The molecule has 0 amide bonds. The molecular weight excluding hydrogens is 671 g/mol. The average Bonchev–Trinajstić information content (AvgIpc) is 2.97. The van der Waals surface area contributed by atoms with Gasteiger partial charge >= 0.3 is 0 Å². The average molecular weight is 697 g/mol. The number of allylic oxidation sites excluding steroid dienone is 8. The van der Waals surface area contributed by atoms with Gasteiger partial charge in [0.2, 0.25) is 0 Å². The fourth-order valence-corrected chi connectivity index (χ4v) is 6.54. The maximum atomic E-state index is 6.69. The molecule has 6 rings (SSSR count). The lowest BCUT2D eigenvalue weighted by atomic mass is 9.73. The van der Waals surface area contributed by atoms with Gasteiger partial charge in [-0.25, -0.2) is 0 Å². The van der Waals surface area contributed by atoms with E-state index in [1.54, 1.807) is 0 Å². The minimum atomic E-state index is -0.149. The van der Waals surface area contributed by atoms with Crippen molar-refractivity contribution in [1.29, 1.82) is 0 Å². The molecule has 2 nitrogen and oxygen atoms in total. The van der Waals surface area contributed by atoms with Gasteiger partial charge in [0, 0.05) is 27.9 Å². The molecule has 0 saturated carbocycles. The number of benzene rings is 3. The molecule has 3 aliphatic carbocycles. The van der Waals surface area contributed by atoms with E-state index in [0.29, 0.717) is 21.7 Å². The summed E-state index contributed by atoms with van der Waals surface area (Å²) in [6, 6.07) is 21.8. The van der Waals surface area contributed by atoms with Crippen LogP contribution < -0.4 is 9.47 Å². The first kappa shape index (κ1) is 27.7. The molecule has 0 heterocycles. The second-order valence-electron chi connectivity index (χ2n) is 10.2. The van der Waals surface area contributed by atoms with Crippen LogP contribution in [0, 0.1) is 11.8 Å². The molecule has 0 aliphatic heterocycles. The van der Waals surface area contributed by atoms with Gasteiger partial charge in [0.25, 0.3) is 0 Å². The SMILES string of the molecule is Clc1ccc(Br)c(OC2=CC3=CC(C4C=CC=CC4)C(Oc4cc(Cl)ccc4Br)C=C3CC2c2ccccc2)c1. The molecule has 40 heavy (non-hydrogen) atoms. The molecule has 0 saturated heterocycles. The van der Waals surface area contributed by atoms with E-state index < -0.39 is 0 Å². The van der Waals surface area contributed by atoms with Crippen molar-refractivity contribution < 1.29 is 9.47 Å². The van der Waals surface area contributed by atoms with E-state index in [1.807, 2.05) is 42.5 Å². The molecule has 0 bridgehead atoms. The first-order valence-electron chi connectivity index (χ1n) is 13.2. The molecule has 3 aromatic carbocycles. The van der Waals surface area contributed by atoms with Crippen LogP contribution in [0.1, 0.15) is 24.3 Å². The first-order valence-corrected chi connectivity index (χ1v) is 15.6. The molecule has 0 N–H and O–H groups in total. The van der Waals surface area contributed by atoms with Crippen LogP contribution in [0.3, 0.4) is 0 Å². The Labute approximate surface area is 261 Å². The van der Waals surface area contributed by atoms with Gasteiger partial charge in [0.1, 0.15) is 23.4 Å². The van der Waals surface area contributed by atoms with Gasteiger partial charge in [0.15, 0.2) is 0 Å². The molecule has 6 heteroatoms. The second-order valence-corrected chi connectivity index (χ2v) is 12.7. The number of ether oxygens (including phenoxy) is 2. The highest BCUT2D eigenvalue weighted by molar-refractivity contribution is 9.10. The zero-order valence-electron chi connectivity index (χ0n) is 21.4. The third kappa shape index (κ3) is 6.06. The molecule has 0 spiro atoms. The molecule has 3 aliphatic rings. The second kappa shape index (κ2) is 12.2. The predicted molar refractivity (Wildman–Crippen MR) is 171 cm³/mol. The summed E-state index contributed by atoms with van der Waals surface area (Å²) in [6.07, 6.45) is 17.2. The summed E-state index contributed by atoms with van der Waals surface area (Å²) < 4.78 is 15.0. The molecule has 4 atom stereocenters. The van der Waals surface area contributed by atoms with E-state index in [1.165, 1.54) is 16.7 Å². The monoisotopic (exact) mass is 694 g/mol. The van der Waals surface area contributed by atoms with E-state index in [9.17, 15) is 0 Å². The Morgan fingerprint density at radius 3 is 2.25 bits per heavy atom. The zero-order valence-corrected chi connectivity index (χ0v) is 26.1. The number of hydrogen-bond acceptors (Lipinski definition) is 2. The normalized spacial score (nSPS) is 23.6. The van der Waals surface area contributed by atoms with Crippen LogP contribution in [0.5, 0.6) is 11.5 Å². The summed E-state index contributed by atoms with van der Waals surface area (Å²) in [5.41, 5.74) is 3.63. The van der Waals surface area contributed by atoms with Gasteiger partial charge in [-0.1, -0.05) is 83.9 Å². The van der Waals surface area contributed by atoms with Gasteiger partial charge in [0.05, 0.1) is 8.95 Å². The third-order valence-corrected chi connectivity index (χ3v) is 9.32. The minimum absolute atomic E-state index is 0.0445. The van der Waals surface area contributed by atoms with Crippen molar-refractivity contribution in [1.82, 2.24) is 0 Å². The van der Waals surface area contributed by atoms with Gasteiger partial charge in [-0.05, 0) is 110 Å². The number of rotatable bonds is 6. The maximum absolute atomic E-state index is 6.69. The summed E-state index contributed by atoms with van der Waals surface area (Å²) in [7, 11) is 0. The van der Waals surface area contributed by atoms with E-state index >= 15 is 0 Å². The largest absolute Gasteiger partial charge is 0.484 e. The Balaban J connectivity index is 1.42. The van der Waals surface area contributed by atoms with Crippen LogP contribution >= 0.6 is 55.1 Å². The fourth-order valence-electron chi connectivity index (χ4n) is 5.55. The predicted octanol–water partition coefficient (Wildman–Crippen LogP) is 11.0. The Hall–Kier alpha value is -2.50. The lowest BCUT2D eigenvalue weighted by Gasteiger charge is -2.37. The van der Waals surface area contributed by atoms with Crippen LogP contribution in [-0.4, -0.2) is 6.10 Å². The van der Waals surface area contributed by atoms with E-state index in [2.05, 4.69) is 98.7 Å². The van der Waals surface area contributed by atoms with Gasteiger partial charge in [-0.15, -0.1) is 0 Å². The van der Waals surface area contributed by atoms with Crippen molar-refractivity contribution in [3.63, 3.8) is 0 Å². The van der Waals surface area contributed by atoms with Crippen molar-refractivity contribution in [3.05, 3.63) is 151 Å². The zero-order chi connectivity index (χ0) is 27.6. The van der Waals surface area contributed by atoms with Crippen molar-refractivity contribution in [2.45, 2.75) is 24.9 Å². The standard InChI is InChI=1S/C34H26Br2Cl2O2/c35-29-13-11-25(37)19-33(29)39-31-17-24-16-28(22-9-5-2-6-10-22)32(40-34-20-26(38)12-14-30(34)36)18-23(24)15-27(31)21-7-3-1-4-8-21/h1-9,11-14,16-20,22,27-28,32H,10,15H2. The van der Waals surface area contributed by atoms with Crippen LogP contribution in [0.25, 0.3) is 0 Å². The lowest BCUT2D eigenvalue weighted by molar-refractivity contribution is 0.172. The lowest BCUT2D eigenvalue weighted by Crippen LogP contribution is -2.33. The molecule has 0 fully saturated rings. The highest BCUT2D eigenvalue weighted by atomic mass is 79.9. The van der Waals surface area contributed by atoms with Crippen molar-refractivity contribution >= 4 is 55.1 Å². The highest BCUT2D eigenvalue weighted by Crippen LogP contribution is 2.46. The Morgan fingerprint density at radius 2 is 1.52 bits per heavy atom. The van der Waals surface area contributed by atoms with Crippen molar-refractivity contribution in [2.24, 2.45) is 11.8 Å². The molecule has 4 unspecified atom stereocenters. The number of halogens is 4. The highest BCUT2D eigenvalue weighted by Gasteiger charge is 2.35. The topological polar surface area (TPSA) is 18.5 Å². The number of fused-ring (bicyclic) bond motifs is 1. The summed E-state index contributed by atoms with van der Waals surface area (Å²) in [6.45, 7) is 0. The van der Waals surface area contributed by atoms with Crippen LogP contribution in [0.4, 0.5) is 0 Å². The summed E-state index contributed by atoms with van der Waals surface area (Å²) in [5, 5.41) is 1.28. The van der Waals surface area contributed by atoms with Crippen molar-refractivity contribution in [2.75, 3.05) is 0 Å². The van der Waals surface area contributed by atoms with Gasteiger partial charge < -0.3 is 9.47 Å². The summed E-state index contributed by atoms with van der Waals surface area (Å²) >= 11 is 19.9. The molecule has 0 radical (unpaired) electrons. The molecule has 0 aromatic heterocycles. The quantitative estimate of drug-likeness (QED) is 0.255. The summed E-state index contributed by atoms with van der Waals surface area (Å²) in [4.78, 5) is 0. The van der Waals surface area contributed by atoms with Crippen molar-refractivity contribution in [3.8, 4) is 11.5 Å². The van der Waals surface area contributed by atoms with Crippen LogP contribution in [-0.2, 0) is 0 Å². The molecule has 3 aromatic rings. The first-order chi connectivity index (χ1) is 19.4. The Kier molecular flexibility index (Phi) is 8.41. The summed E-state index contributed by atoms with van der Waals surface area (Å²) in [5.74, 6) is 2.83. The minimum Gasteiger partial charge on any atom is -0.484 e. The molecular formula is C34H26Br2Cl2O2. The van der Waals surface area contributed by atoms with E-state index in [0.717, 1.165) is 33.3 Å². The van der Waals surface area contributed by atoms with E-state index in [4.69, 9.17) is 32.7 Å². The fraction of sp³-hybridized carbons (Fsp3) is 0.176. The smallest absolute Gasteiger partial charge is 0.142 e. The van der Waals surface area contributed by atoms with Gasteiger partial charge in [-0.3, -0.25) is 0 Å². The maximum Gasteiger partial charge on any atom is 0.142 e. The van der Waals surface area contributed by atoms with Gasteiger partial charge in [-0.2, -0.15) is 0 Å². The van der Waals surface area contributed by atoms with Crippen LogP contribution in [0.2, 0.25) is 10.0 Å². The van der Waals surface area contributed by atoms with E-state index in [-0.39, 0.29) is 17.9 Å². The Bertz CT molecular complexity index is 1570. The molecule has 202 valence electrons. The Morgan fingerprint density at radius 1 is 0.800 bits per heavy atom. The third-order valence-electron chi connectivity index (χ3n) is 7.54.